The fourth-order valence-corrected chi connectivity index (χ4v) is 7.81. The Kier molecular flexibility index (Phi) is 9.68. The van der Waals surface area contributed by atoms with Gasteiger partial charge >= 0.3 is 0 Å². The van der Waals surface area contributed by atoms with E-state index < -0.39 is 0 Å². The van der Waals surface area contributed by atoms with Crippen LogP contribution in [-0.2, 0) is 19.5 Å². The van der Waals surface area contributed by atoms with E-state index in [4.69, 9.17) is 34.8 Å². The number of rotatable bonds is 11. The largest absolute Gasteiger partial charge is 0.348 e. The molecule has 4 aromatic rings. The topological polar surface area (TPSA) is 54.3 Å². The number of piperidine rings is 1. The van der Waals surface area contributed by atoms with Gasteiger partial charge in [-0.2, -0.15) is 0 Å². The van der Waals surface area contributed by atoms with Crippen molar-refractivity contribution >= 4 is 57.4 Å². The summed E-state index contributed by atoms with van der Waals surface area (Å²) >= 11 is 18.2. The molecule has 1 N–H and O–H groups in total. The highest BCUT2D eigenvalue weighted by molar-refractivity contribution is 6.42. The zero-order valence-corrected chi connectivity index (χ0v) is 27.3. The number of amides is 1. The van der Waals surface area contributed by atoms with E-state index in [0.29, 0.717) is 51.6 Å². The van der Waals surface area contributed by atoms with Crippen molar-refractivity contribution in [3.05, 3.63) is 104 Å². The van der Waals surface area contributed by atoms with E-state index >= 15 is 0 Å². The molecule has 0 radical (unpaired) electrons. The van der Waals surface area contributed by atoms with Gasteiger partial charge < -0.3 is 9.88 Å². The van der Waals surface area contributed by atoms with Crippen molar-refractivity contribution < 1.29 is 9.59 Å². The van der Waals surface area contributed by atoms with E-state index in [1.54, 1.807) is 24.3 Å². The summed E-state index contributed by atoms with van der Waals surface area (Å²) in [5.74, 6) is 0.571. The minimum absolute atomic E-state index is 0.0960. The summed E-state index contributed by atoms with van der Waals surface area (Å²) in [6, 6.07) is 20.0. The zero-order chi connectivity index (χ0) is 30.8. The van der Waals surface area contributed by atoms with E-state index in [0.717, 1.165) is 60.8 Å². The first-order valence-corrected chi connectivity index (χ1v) is 16.8. The number of Topliss-reactive ketones (excluding diaryl/α,β-unsaturated/α-hetero) is 1. The second kappa shape index (κ2) is 13.7. The number of nitrogens with zero attached hydrogens (tertiary/aromatic N) is 2. The Morgan fingerprint density at radius 1 is 0.909 bits per heavy atom. The monoisotopic (exact) mass is 649 g/mol. The minimum Gasteiger partial charge on any atom is -0.348 e. The SMILES string of the molecule is CCc1cccc2c(C(=O)NCc3ccc(Cl)c(Cl)c3)cn(CCCN3[C@@H]4CC[C@H]3C[C@@H](CC(=O)c3ccc(Cl)cc3)C4)c12. The number of carbonyl (C=O) groups is 2. The number of hydrogen-bond acceptors (Lipinski definition) is 3. The summed E-state index contributed by atoms with van der Waals surface area (Å²) in [6.45, 7) is 4.41. The third-order valence-electron chi connectivity index (χ3n) is 9.48. The van der Waals surface area contributed by atoms with E-state index in [9.17, 15) is 9.59 Å². The molecule has 2 aliphatic heterocycles. The van der Waals surface area contributed by atoms with Crippen molar-refractivity contribution in [2.75, 3.05) is 6.54 Å². The molecule has 2 aliphatic rings. The first-order valence-electron chi connectivity index (χ1n) is 15.7. The maximum atomic E-state index is 13.4. The summed E-state index contributed by atoms with van der Waals surface area (Å²) in [4.78, 5) is 29.0. The molecule has 1 amide bonds. The molecular weight excluding hydrogens is 613 g/mol. The molecule has 2 fully saturated rings. The highest BCUT2D eigenvalue weighted by Crippen LogP contribution is 2.40. The van der Waals surface area contributed by atoms with Crippen molar-refractivity contribution in [2.24, 2.45) is 5.92 Å². The summed E-state index contributed by atoms with van der Waals surface area (Å²) in [5.41, 5.74) is 4.76. The third-order valence-corrected chi connectivity index (χ3v) is 10.5. The molecular formula is C36H38Cl3N3O2. The molecule has 3 atom stereocenters. The summed E-state index contributed by atoms with van der Waals surface area (Å²) < 4.78 is 2.28. The van der Waals surface area contributed by atoms with Crippen LogP contribution in [0.25, 0.3) is 10.9 Å². The average molecular weight is 651 g/mol. The van der Waals surface area contributed by atoms with Crippen molar-refractivity contribution in [3.8, 4) is 0 Å². The highest BCUT2D eigenvalue weighted by Gasteiger charge is 2.40. The Bertz CT molecular complexity index is 1650. The molecule has 44 heavy (non-hydrogen) atoms. The molecule has 2 saturated heterocycles. The van der Waals surface area contributed by atoms with Gasteiger partial charge in [-0.3, -0.25) is 14.5 Å². The van der Waals surface area contributed by atoms with Gasteiger partial charge in [0.15, 0.2) is 5.78 Å². The predicted molar refractivity (Wildman–Crippen MR) is 180 cm³/mol. The van der Waals surface area contributed by atoms with Gasteiger partial charge in [0.2, 0.25) is 0 Å². The first-order chi connectivity index (χ1) is 21.3. The minimum atomic E-state index is -0.0960. The van der Waals surface area contributed by atoms with Crippen LogP contribution in [0.2, 0.25) is 15.1 Å². The summed E-state index contributed by atoms with van der Waals surface area (Å²) in [7, 11) is 0. The second-order valence-electron chi connectivity index (χ2n) is 12.3. The van der Waals surface area contributed by atoms with Crippen LogP contribution >= 0.6 is 34.8 Å². The van der Waals surface area contributed by atoms with Crippen LogP contribution in [0.1, 0.15) is 77.3 Å². The van der Waals surface area contributed by atoms with Crippen LogP contribution in [-0.4, -0.2) is 39.8 Å². The maximum Gasteiger partial charge on any atom is 0.253 e. The molecule has 5 nitrogen and oxygen atoms in total. The van der Waals surface area contributed by atoms with Crippen LogP contribution in [0, 0.1) is 5.92 Å². The fourth-order valence-electron chi connectivity index (χ4n) is 7.37. The molecule has 0 aliphatic carbocycles. The number of nitrogens with one attached hydrogen (secondary N) is 1. The maximum absolute atomic E-state index is 13.4. The van der Waals surface area contributed by atoms with E-state index in [1.165, 1.54) is 18.4 Å². The van der Waals surface area contributed by atoms with Gasteiger partial charge in [0.1, 0.15) is 0 Å². The van der Waals surface area contributed by atoms with Gasteiger partial charge in [-0.15, -0.1) is 0 Å². The van der Waals surface area contributed by atoms with Gasteiger partial charge in [0.25, 0.3) is 5.91 Å². The quantitative estimate of drug-likeness (QED) is 0.165. The van der Waals surface area contributed by atoms with Crippen molar-refractivity contribution in [3.63, 3.8) is 0 Å². The molecule has 6 rings (SSSR count). The Labute approximate surface area is 274 Å². The van der Waals surface area contributed by atoms with Gasteiger partial charge in [-0.05, 0) is 92.0 Å². The van der Waals surface area contributed by atoms with Gasteiger partial charge in [0, 0.05) is 60.3 Å². The van der Waals surface area contributed by atoms with Crippen molar-refractivity contribution in [1.82, 2.24) is 14.8 Å². The smallest absolute Gasteiger partial charge is 0.253 e. The molecule has 230 valence electrons. The van der Waals surface area contributed by atoms with Crippen LogP contribution in [0.15, 0.2) is 66.9 Å². The van der Waals surface area contributed by atoms with Crippen molar-refractivity contribution in [2.45, 2.75) is 77.0 Å². The van der Waals surface area contributed by atoms with Crippen molar-refractivity contribution in [1.29, 1.82) is 0 Å². The standard InChI is InChI=1S/C36H38Cl3N3O2/c1-2-25-5-3-6-30-31(36(44)40-21-23-7-14-32(38)33(39)19-23)22-41(35(25)30)15-4-16-42-28-12-13-29(42)18-24(17-28)20-34(43)26-8-10-27(37)11-9-26/h3,5-11,14,19,22,24,28-29H,2,4,12-13,15-18,20-21H2,1H3,(H,40,44)/t24-,28+,29-. The molecule has 1 aromatic heterocycles. The molecule has 0 unspecified atom stereocenters. The lowest BCUT2D eigenvalue weighted by molar-refractivity contribution is 0.0807. The highest BCUT2D eigenvalue weighted by atomic mass is 35.5. The van der Waals surface area contributed by atoms with Crippen LogP contribution in [0.4, 0.5) is 0 Å². The van der Waals surface area contributed by atoms with Gasteiger partial charge in [-0.1, -0.05) is 66.0 Å². The number of benzene rings is 3. The second-order valence-corrected chi connectivity index (χ2v) is 13.5. The Balaban J connectivity index is 1.09. The molecule has 2 bridgehead atoms. The Morgan fingerprint density at radius 2 is 1.66 bits per heavy atom. The molecule has 3 heterocycles. The summed E-state index contributed by atoms with van der Waals surface area (Å²) in [6.07, 6.45) is 9.16. The van der Waals surface area contributed by atoms with Gasteiger partial charge in [0.05, 0.1) is 21.1 Å². The first kappa shape index (κ1) is 31.2. The lowest BCUT2D eigenvalue weighted by Gasteiger charge is -2.39. The molecule has 0 spiro atoms. The number of halogens is 3. The number of carbonyl (C=O) groups excluding carboxylic acids is 2. The average Bonchev–Trinajstić information content (AvgIpc) is 3.51. The Hall–Kier alpha value is -2.83. The number of fused-ring (bicyclic) bond motifs is 3. The predicted octanol–water partition coefficient (Wildman–Crippen LogP) is 9.00. The molecule has 8 heteroatoms. The number of aromatic nitrogens is 1. The van der Waals surface area contributed by atoms with E-state index in [1.807, 2.05) is 30.5 Å². The summed E-state index contributed by atoms with van der Waals surface area (Å²) in [5, 5.41) is 5.69. The van der Waals surface area contributed by atoms with Crippen LogP contribution in [0.5, 0.6) is 0 Å². The number of ketones is 1. The lowest BCUT2D eigenvalue weighted by atomic mass is 9.85. The van der Waals surface area contributed by atoms with Gasteiger partial charge in [-0.25, -0.2) is 0 Å². The fraction of sp³-hybridized carbons (Fsp3) is 0.389. The van der Waals surface area contributed by atoms with E-state index in [2.05, 4.69) is 33.8 Å². The number of hydrogen-bond donors (Lipinski definition) is 1. The zero-order valence-electron chi connectivity index (χ0n) is 25.0. The number of para-hydroxylation sites is 1. The van der Waals surface area contributed by atoms with Crippen LogP contribution < -0.4 is 5.32 Å². The lowest BCUT2D eigenvalue weighted by Crippen LogP contribution is -2.43. The van der Waals surface area contributed by atoms with Crippen LogP contribution in [0.3, 0.4) is 0 Å². The Morgan fingerprint density at radius 3 is 2.36 bits per heavy atom. The number of aryl methyl sites for hydroxylation is 2. The third kappa shape index (κ3) is 6.72. The normalized spacial score (nSPS) is 19.9. The van der Waals surface area contributed by atoms with E-state index in [-0.39, 0.29) is 11.7 Å². The molecule has 0 saturated carbocycles. The molecule has 3 aromatic carbocycles.